The first-order chi connectivity index (χ1) is 13.3. The van der Waals surface area contributed by atoms with Crippen LogP contribution in [-0.4, -0.2) is 16.2 Å². The van der Waals surface area contributed by atoms with Crippen molar-refractivity contribution in [1.82, 2.24) is 0 Å². The van der Waals surface area contributed by atoms with Crippen molar-refractivity contribution < 1.29 is 19.7 Å². The standard InChI is InChI=1S/C22H18Br2O4/c1-12(2)16-10-15(11-17(20(16)25)13-6-4-3-5-7-13)28-21-18(23)8-14(22(26)27)9-19(21)24/h3-12,25H,1-2H3,(H,26,27). The van der Waals surface area contributed by atoms with Gasteiger partial charge < -0.3 is 14.9 Å². The molecule has 0 aliphatic heterocycles. The first-order valence-corrected chi connectivity index (χ1v) is 10.2. The third-order valence-electron chi connectivity index (χ3n) is 4.28. The Labute approximate surface area is 180 Å². The van der Waals surface area contributed by atoms with E-state index in [9.17, 15) is 15.0 Å². The van der Waals surface area contributed by atoms with Gasteiger partial charge in [0.2, 0.25) is 0 Å². The number of phenols is 1. The Morgan fingerprint density at radius 2 is 1.61 bits per heavy atom. The molecule has 3 aromatic carbocycles. The lowest BCUT2D eigenvalue weighted by atomic mass is 9.95. The molecule has 3 aromatic rings. The molecule has 0 aliphatic rings. The van der Waals surface area contributed by atoms with Crippen LogP contribution in [-0.2, 0) is 0 Å². The Bertz CT molecular complexity index is 1010. The molecule has 0 atom stereocenters. The monoisotopic (exact) mass is 504 g/mol. The lowest BCUT2D eigenvalue weighted by Crippen LogP contribution is -1.98. The number of phenolic OH excluding ortho intramolecular Hbond substituents is 1. The third-order valence-corrected chi connectivity index (χ3v) is 5.46. The van der Waals surface area contributed by atoms with Gasteiger partial charge in [0, 0.05) is 11.1 Å². The molecule has 0 saturated heterocycles. The molecule has 0 radical (unpaired) electrons. The van der Waals surface area contributed by atoms with E-state index in [2.05, 4.69) is 31.9 Å². The molecule has 0 fully saturated rings. The first kappa shape index (κ1) is 20.4. The fraction of sp³-hybridized carbons (Fsp3) is 0.136. The minimum Gasteiger partial charge on any atom is -0.507 e. The van der Waals surface area contributed by atoms with Gasteiger partial charge in [-0.25, -0.2) is 4.79 Å². The molecule has 0 heterocycles. The Morgan fingerprint density at radius 3 is 2.14 bits per heavy atom. The number of carbonyl (C=O) groups is 1. The van der Waals surface area contributed by atoms with Crippen molar-refractivity contribution in [3.63, 3.8) is 0 Å². The summed E-state index contributed by atoms with van der Waals surface area (Å²) in [5, 5.41) is 20.0. The van der Waals surface area contributed by atoms with Crippen LogP contribution in [0.25, 0.3) is 11.1 Å². The van der Waals surface area contributed by atoms with Gasteiger partial charge in [-0.3, -0.25) is 0 Å². The fourth-order valence-corrected chi connectivity index (χ4v) is 4.21. The van der Waals surface area contributed by atoms with Gasteiger partial charge in [-0.2, -0.15) is 0 Å². The van der Waals surface area contributed by atoms with Crippen molar-refractivity contribution in [2.75, 3.05) is 0 Å². The van der Waals surface area contributed by atoms with E-state index in [1.807, 2.05) is 44.2 Å². The average molecular weight is 506 g/mol. The summed E-state index contributed by atoms with van der Waals surface area (Å²) in [5.74, 6) is 0.306. The van der Waals surface area contributed by atoms with Gasteiger partial charge in [0.05, 0.1) is 14.5 Å². The predicted molar refractivity (Wildman–Crippen MR) is 117 cm³/mol. The molecule has 0 spiro atoms. The van der Waals surface area contributed by atoms with Gasteiger partial charge in [0.1, 0.15) is 11.5 Å². The minimum atomic E-state index is -1.02. The predicted octanol–water partition coefficient (Wildman–Crippen LogP) is 7.20. The second-order valence-electron chi connectivity index (χ2n) is 6.61. The van der Waals surface area contributed by atoms with Gasteiger partial charge in [0.15, 0.2) is 5.75 Å². The number of rotatable bonds is 5. The van der Waals surface area contributed by atoms with E-state index in [-0.39, 0.29) is 17.2 Å². The summed E-state index contributed by atoms with van der Waals surface area (Å²) in [5.41, 5.74) is 2.47. The highest BCUT2D eigenvalue weighted by atomic mass is 79.9. The molecule has 0 unspecified atom stereocenters. The summed E-state index contributed by atoms with van der Waals surface area (Å²) in [6.45, 7) is 4.00. The van der Waals surface area contributed by atoms with Crippen LogP contribution in [0.5, 0.6) is 17.2 Å². The topological polar surface area (TPSA) is 66.8 Å². The molecule has 0 aromatic heterocycles. The van der Waals surface area contributed by atoms with Crippen LogP contribution in [0.15, 0.2) is 63.5 Å². The number of ether oxygens (including phenoxy) is 1. The maximum absolute atomic E-state index is 11.2. The van der Waals surface area contributed by atoms with E-state index < -0.39 is 5.97 Å². The van der Waals surface area contributed by atoms with Crippen molar-refractivity contribution >= 4 is 37.8 Å². The van der Waals surface area contributed by atoms with Crippen molar-refractivity contribution in [1.29, 1.82) is 0 Å². The lowest BCUT2D eigenvalue weighted by Gasteiger charge is -2.17. The molecule has 144 valence electrons. The van der Waals surface area contributed by atoms with Crippen LogP contribution < -0.4 is 4.74 Å². The second kappa shape index (κ2) is 8.37. The summed E-state index contributed by atoms with van der Waals surface area (Å²) in [6.07, 6.45) is 0. The maximum Gasteiger partial charge on any atom is 0.335 e. The summed E-state index contributed by atoms with van der Waals surface area (Å²) < 4.78 is 7.11. The molecule has 6 heteroatoms. The molecule has 0 amide bonds. The van der Waals surface area contributed by atoms with Crippen molar-refractivity contribution in [3.05, 3.63) is 74.7 Å². The minimum absolute atomic E-state index is 0.0901. The van der Waals surface area contributed by atoms with E-state index >= 15 is 0 Å². The zero-order valence-corrected chi connectivity index (χ0v) is 18.4. The maximum atomic E-state index is 11.2. The number of benzene rings is 3. The van der Waals surface area contributed by atoms with Crippen LogP contribution in [0.1, 0.15) is 35.7 Å². The number of carboxylic acids is 1. The number of hydrogen-bond donors (Lipinski definition) is 2. The molecule has 0 bridgehead atoms. The van der Waals surface area contributed by atoms with Crippen LogP contribution in [0.4, 0.5) is 0 Å². The van der Waals surface area contributed by atoms with Crippen LogP contribution >= 0.6 is 31.9 Å². The van der Waals surface area contributed by atoms with Gasteiger partial charge in [-0.1, -0.05) is 44.2 Å². The number of hydrogen-bond acceptors (Lipinski definition) is 3. The quantitative estimate of drug-likeness (QED) is 0.384. The number of halogens is 2. The summed E-state index contributed by atoms with van der Waals surface area (Å²) >= 11 is 6.76. The molecular weight excluding hydrogens is 488 g/mol. The molecule has 2 N–H and O–H groups in total. The zero-order chi connectivity index (χ0) is 20.4. The van der Waals surface area contributed by atoms with Gasteiger partial charge >= 0.3 is 5.97 Å². The summed E-state index contributed by atoms with van der Waals surface area (Å²) in [6, 6.07) is 16.2. The second-order valence-corrected chi connectivity index (χ2v) is 8.31. The van der Waals surface area contributed by atoms with Crippen molar-refractivity contribution in [2.24, 2.45) is 0 Å². The van der Waals surface area contributed by atoms with E-state index in [0.717, 1.165) is 11.1 Å². The number of aromatic hydroxyl groups is 1. The Hall–Kier alpha value is -2.31. The highest BCUT2D eigenvalue weighted by Crippen LogP contribution is 2.43. The van der Waals surface area contributed by atoms with E-state index in [1.54, 1.807) is 12.1 Å². The van der Waals surface area contributed by atoms with Crippen LogP contribution in [0.3, 0.4) is 0 Å². The van der Waals surface area contributed by atoms with Crippen molar-refractivity contribution in [3.8, 4) is 28.4 Å². The highest BCUT2D eigenvalue weighted by molar-refractivity contribution is 9.11. The average Bonchev–Trinajstić information content (AvgIpc) is 2.65. The van der Waals surface area contributed by atoms with Crippen LogP contribution in [0, 0.1) is 0 Å². The Kier molecular flexibility index (Phi) is 6.10. The SMILES string of the molecule is CC(C)c1cc(Oc2c(Br)cc(C(=O)O)cc2Br)cc(-c2ccccc2)c1O. The largest absolute Gasteiger partial charge is 0.507 e. The zero-order valence-electron chi connectivity index (χ0n) is 15.2. The molecular formula is C22H18Br2O4. The van der Waals surface area contributed by atoms with E-state index in [0.29, 0.717) is 26.0 Å². The number of aromatic carboxylic acids is 1. The number of carboxylic acid groups (broad SMARTS) is 1. The highest BCUT2D eigenvalue weighted by Gasteiger charge is 2.18. The van der Waals surface area contributed by atoms with Crippen LogP contribution in [0.2, 0.25) is 0 Å². The molecule has 0 saturated carbocycles. The van der Waals surface area contributed by atoms with E-state index in [1.165, 1.54) is 12.1 Å². The van der Waals surface area contributed by atoms with Crippen molar-refractivity contribution in [2.45, 2.75) is 19.8 Å². The molecule has 0 aliphatic carbocycles. The normalized spacial score (nSPS) is 10.9. The third kappa shape index (κ3) is 4.23. The van der Waals surface area contributed by atoms with E-state index in [4.69, 9.17) is 4.74 Å². The fourth-order valence-electron chi connectivity index (χ4n) is 2.86. The lowest BCUT2D eigenvalue weighted by molar-refractivity contribution is 0.0696. The van der Waals surface area contributed by atoms with Gasteiger partial charge in [-0.15, -0.1) is 0 Å². The smallest absolute Gasteiger partial charge is 0.335 e. The molecule has 28 heavy (non-hydrogen) atoms. The molecule has 4 nitrogen and oxygen atoms in total. The summed E-state index contributed by atoms with van der Waals surface area (Å²) in [4.78, 5) is 11.2. The summed E-state index contributed by atoms with van der Waals surface area (Å²) in [7, 11) is 0. The van der Waals surface area contributed by atoms with Gasteiger partial charge in [-0.05, 0) is 67.6 Å². The Morgan fingerprint density at radius 1 is 1.00 bits per heavy atom. The van der Waals surface area contributed by atoms with Gasteiger partial charge in [0.25, 0.3) is 0 Å². The first-order valence-electron chi connectivity index (χ1n) is 8.60. The Balaban J connectivity index is 2.11. The molecule has 3 rings (SSSR count).